The Morgan fingerprint density at radius 3 is 3.00 bits per heavy atom. The van der Waals surface area contributed by atoms with Gasteiger partial charge in [0.05, 0.1) is 5.16 Å². The minimum absolute atomic E-state index is 0.0280. The van der Waals surface area contributed by atoms with Gasteiger partial charge in [0.2, 0.25) is 0 Å². The van der Waals surface area contributed by atoms with Crippen LogP contribution in [0.3, 0.4) is 0 Å². The predicted molar refractivity (Wildman–Crippen MR) is 43.5 cm³/mol. The van der Waals surface area contributed by atoms with Gasteiger partial charge in [-0.05, 0) is 11.8 Å². The Bertz CT molecular complexity index is 592. The Hall–Kier alpha value is -2.12. The van der Waals surface area contributed by atoms with Crippen LogP contribution < -0.4 is 16.2 Å². The van der Waals surface area contributed by atoms with E-state index in [1.54, 1.807) is 6.92 Å². The van der Waals surface area contributed by atoms with Crippen LogP contribution in [0.4, 0.5) is 0 Å². The molecule has 2 aromatic rings. The number of hydrogen-bond acceptors (Lipinski definition) is 5. The predicted octanol–water partition coefficient (Wildman–Crippen LogP) is -1.67. The van der Waals surface area contributed by atoms with Gasteiger partial charge in [0, 0.05) is 6.54 Å². The molecule has 8 nitrogen and oxygen atoms in total. The number of nitrogens with zero attached hydrogens (tertiary/aromatic N) is 3. The molecule has 0 spiro atoms. The third-order valence-corrected chi connectivity index (χ3v) is 1.85. The lowest BCUT2D eigenvalue weighted by Crippen LogP contribution is -2.39. The number of fused-ring (bicyclic) bond motifs is 1. The van der Waals surface area contributed by atoms with Crippen molar-refractivity contribution in [2.75, 3.05) is 0 Å². The monoisotopic (exact) mass is 198 g/mol. The van der Waals surface area contributed by atoms with Crippen molar-refractivity contribution in [3.63, 3.8) is 0 Å². The van der Waals surface area contributed by atoms with Gasteiger partial charge in [-0.2, -0.15) is 0 Å². The molecule has 14 heavy (non-hydrogen) atoms. The highest BCUT2D eigenvalue weighted by Crippen LogP contribution is 1.92. The molecule has 0 bridgehead atoms. The maximum absolute atomic E-state index is 11.5. The van der Waals surface area contributed by atoms with Crippen LogP contribution >= 0.6 is 0 Å². The second-order valence-electron chi connectivity index (χ2n) is 2.61. The topological polar surface area (TPSA) is 108 Å². The van der Waals surface area contributed by atoms with Crippen molar-refractivity contribution < 1.29 is 9.53 Å². The summed E-state index contributed by atoms with van der Waals surface area (Å²) in [6.45, 7) is 1.79. The van der Waals surface area contributed by atoms with Crippen LogP contribution in [-0.2, 0) is 6.54 Å². The number of H-pyrrole nitrogens is 1. The molecule has 0 unspecified atom stereocenters. The van der Waals surface area contributed by atoms with Gasteiger partial charge in [0.15, 0.2) is 0 Å². The van der Waals surface area contributed by atoms with Crippen LogP contribution in [0.5, 0.6) is 0 Å². The summed E-state index contributed by atoms with van der Waals surface area (Å²) in [5.41, 5.74) is -1.76. The number of nitrogens with one attached hydrogen (secondary N) is 1. The minimum atomic E-state index is -0.706. The first kappa shape index (κ1) is 8.48. The van der Waals surface area contributed by atoms with E-state index in [4.69, 9.17) is 0 Å². The molecule has 0 amide bonds. The molecule has 0 aliphatic heterocycles. The maximum atomic E-state index is 11.5. The van der Waals surface area contributed by atoms with E-state index in [-0.39, 0.29) is 22.6 Å². The SMILES string of the molecule is CCn1c(=O)[nH]c2no[n+]([O-])c2c1=O. The smallest absolute Gasteiger partial charge is 0.331 e. The second-order valence-corrected chi connectivity index (χ2v) is 2.61. The van der Waals surface area contributed by atoms with Crippen molar-refractivity contribution in [3.05, 3.63) is 26.0 Å². The van der Waals surface area contributed by atoms with Crippen molar-refractivity contribution in [2.45, 2.75) is 13.5 Å². The lowest BCUT2D eigenvalue weighted by atomic mass is 10.5. The third kappa shape index (κ3) is 0.934. The van der Waals surface area contributed by atoms with Gasteiger partial charge in [-0.15, -0.1) is 0 Å². The zero-order chi connectivity index (χ0) is 10.3. The molecule has 0 aromatic carbocycles. The fourth-order valence-electron chi connectivity index (χ4n) is 1.19. The third-order valence-electron chi connectivity index (χ3n) is 1.85. The molecule has 0 atom stereocenters. The van der Waals surface area contributed by atoms with Crippen LogP contribution in [0.25, 0.3) is 11.2 Å². The molecule has 2 rings (SSSR count). The van der Waals surface area contributed by atoms with Crippen LogP contribution in [0.1, 0.15) is 6.92 Å². The molecule has 1 N–H and O–H groups in total. The summed E-state index contributed by atoms with van der Waals surface area (Å²) < 4.78 is 5.06. The highest BCUT2D eigenvalue weighted by Gasteiger charge is 2.17. The van der Waals surface area contributed by atoms with E-state index in [1.807, 2.05) is 0 Å². The Balaban J connectivity index is 3.05. The zero-order valence-corrected chi connectivity index (χ0v) is 7.18. The van der Waals surface area contributed by atoms with Crippen LogP contribution in [0, 0.1) is 5.21 Å². The number of aromatic amines is 1. The van der Waals surface area contributed by atoms with Gasteiger partial charge in [0.25, 0.3) is 0 Å². The highest BCUT2D eigenvalue weighted by atomic mass is 16.8. The van der Waals surface area contributed by atoms with E-state index >= 15 is 0 Å². The molecule has 0 saturated carbocycles. The summed E-state index contributed by atoms with van der Waals surface area (Å²) in [4.78, 5) is 24.9. The quantitative estimate of drug-likeness (QED) is 0.551. The molecule has 0 saturated heterocycles. The van der Waals surface area contributed by atoms with E-state index in [0.29, 0.717) is 0 Å². The largest absolute Gasteiger partial charge is 0.359 e. The van der Waals surface area contributed by atoms with Crippen molar-refractivity contribution in [2.24, 2.45) is 0 Å². The Morgan fingerprint density at radius 2 is 2.36 bits per heavy atom. The second kappa shape index (κ2) is 2.69. The standard InChI is InChI=1S/C6H6N4O4/c1-2-9-5(11)3-4(7-6(9)12)8-14-10(3)13/h2H2,1H3,(H,7,8,12). The average Bonchev–Trinajstić information content (AvgIpc) is 2.48. The summed E-state index contributed by atoms with van der Waals surface area (Å²) in [5.74, 6) is 0. The molecule has 0 fully saturated rings. The first-order chi connectivity index (χ1) is 6.65. The molecule has 74 valence electrons. The summed E-state index contributed by atoms with van der Waals surface area (Å²) in [6.07, 6.45) is 0. The number of hydrogen-bond donors (Lipinski definition) is 1. The number of aromatic nitrogens is 4. The number of rotatable bonds is 1. The summed E-state index contributed by atoms with van der Waals surface area (Å²) in [6, 6.07) is 0. The summed E-state index contributed by atoms with van der Waals surface area (Å²) >= 11 is 0. The van der Waals surface area contributed by atoms with Gasteiger partial charge in [-0.25, -0.2) is 4.79 Å². The van der Waals surface area contributed by atoms with Crippen molar-refractivity contribution in [1.82, 2.24) is 14.7 Å². The van der Waals surface area contributed by atoms with E-state index in [0.717, 1.165) is 4.57 Å². The van der Waals surface area contributed by atoms with Gasteiger partial charge < -0.3 is 5.21 Å². The van der Waals surface area contributed by atoms with E-state index in [9.17, 15) is 14.8 Å². The van der Waals surface area contributed by atoms with Crippen molar-refractivity contribution in [3.8, 4) is 0 Å². The van der Waals surface area contributed by atoms with Crippen molar-refractivity contribution in [1.29, 1.82) is 0 Å². The first-order valence-corrected chi connectivity index (χ1v) is 3.87. The summed E-state index contributed by atoms with van der Waals surface area (Å²) in [7, 11) is 0. The van der Waals surface area contributed by atoms with Gasteiger partial charge in [0.1, 0.15) is 0 Å². The fourth-order valence-corrected chi connectivity index (χ4v) is 1.19. The van der Waals surface area contributed by atoms with Crippen LogP contribution in [0.2, 0.25) is 0 Å². The van der Waals surface area contributed by atoms with Gasteiger partial charge in [-0.3, -0.25) is 19.0 Å². The molecule has 0 radical (unpaired) electrons. The molecular weight excluding hydrogens is 192 g/mol. The molecule has 2 heterocycles. The lowest BCUT2D eigenvalue weighted by Gasteiger charge is -1.95. The lowest BCUT2D eigenvalue weighted by molar-refractivity contribution is -0.782. The van der Waals surface area contributed by atoms with Crippen LogP contribution in [0.15, 0.2) is 14.2 Å². The maximum Gasteiger partial charge on any atom is 0.331 e. The Morgan fingerprint density at radius 1 is 1.64 bits per heavy atom. The Kier molecular flexibility index (Phi) is 1.63. The zero-order valence-electron chi connectivity index (χ0n) is 7.18. The van der Waals surface area contributed by atoms with Crippen LogP contribution in [-0.4, -0.2) is 14.7 Å². The average molecular weight is 198 g/mol. The molecule has 8 heteroatoms. The molecule has 2 aromatic heterocycles. The normalized spacial score (nSPS) is 10.9. The van der Waals surface area contributed by atoms with E-state index in [2.05, 4.69) is 14.8 Å². The molecular formula is C6H6N4O4. The first-order valence-electron chi connectivity index (χ1n) is 3.87. The molecule has 0 aliphatic rings. The summed E-state index contributed by atoms with van der Waals surface area (Å²) in [5, 5.41) is 14.2. The van der Waals surface area contributed by atoms with E-state index < -0.39 is 11.2 Å². The minimum Gasteiger partial charge on any atom is -0.359 e. The van der Waals surface area contributed by atoms with Gasteiger partial charge in [-0.1, -0.05) is 0 Å². The van der Waals surface area contributed by atoms with Crippen molar-refractivity contribution >= 4 is 11.2 Å². The Labute approximate surface area is 75.9 Å². The fraction of sp³-hybridized carbons (Fsp3) is 0.333. The highest BCUT2D eigenvalue weighted by molar-refractivity contribution is 5.62. The van der Waals surface area contributed by atoms with E-state index in [1.165, 1.54) is 0 Å². The van der Waals surface area contributed by atoms with Gasteiger partial charge >= 0.3 is 22.4 Å². The molecule has 0 aliphatic carbocycles.